The van der Waals surface area contributed by atoms with E-state index in [1.165, 1.54) is 28.6 Å². The van der Waals surface area contributed by atoms with Crippen molar-refractivity contribution in [3.63, 3.8) is 0 Å². The van der Waals surface area contributed by atoms with E-state index in [9.17, 15) is 21.6 Å². The van der Waals surface area contributed by atoms with Crippen LogP contribution in [0.1, 0.15) is 25.3 Å². The Bertz CT molecular complexity index is 1120. The molecule has 0 spiro atoms. The molecule has 1 saturated heterocycles. The number of amides is 1. The fourth-order valence-corrected chi connectivity index (χ4v) is 6.24. The Morgan fingerprint density at radius 1 is 1.00 bits per heavy atom. The molecule has 1 amide bonds. The van der Waals surface area contributed by atoms with Crippen molar-refractivity contribution < 1.29 is 21.6 Å². The number of carbonyl (C=O) groups is 1. The molecule has 3 rings (SSSR count). The van der Waals surface area contributed by atoms with Gasteiger partial charge in [0.2, 0.25) is 15.9 Å². The van der Waals surface area contributed by atoms with Gasteiger partial charge in [0.25, 0.3) is 0 Å². The summed E-state index contributed by atoms with van der Waals surface area (Å²) in [6, 6.07) is 12.1. The van der Waals surface area contributed by atoms with Crippen molar-refractivity contribution in [2.75, 3.05) is 24.2 Å². The van der Waals surface area contributed by atoms with Gasteiger partial charge in [-0.1, -0.05) is 30.7 Å². The van der Waals surface area contributed by atoms with Gasteiger partial charge >= 0.3 is 0 Å². The van der Waals surface area contributed by atoms with E-state index < -0.39 is 31.5 Å². The van der Waals surface area contributed by atoms with Gasteiger partial charge in [-0.2, -0.15) is 4.31 Å². The summed E-state index contributed by atoms with van der Waals surface area (Å²) in [7, 11) is -7.26. The third-order valence-electron chi connectivity index (χ3n) is 5.17. The van der Waals surface area contributed by atoms with Gasteiger partial charge in [-0.25, -0.2) is 16.8 Å². The summed E-state index contributed by atoms with van der Waals surface area (Å²) in [5, 5.41) is 3.01. The summed E-state index contributed by atoms with van der Waals surface area (Å²) in [6.07, 6.45) is 1.66. The van der Waals surface area contributed by atoms with Gasteiger partial charge in [-0.05, 0) is 60.7 Å². The number of nitrogens with zero attached hydrogens (tertiary/aromatic N) is 1. The molecule has 1 N–H and O–H groups in total. The van der Waals surface area contributed by atoms with Crippen molar-refractivity contribution in [2.24, 2.45) is 5.92 Å². The molecule has 1 aliphatic rings. The number of hydrogen-bond donors (Lipinski definition) is 1. The number of nitrogens with one attached hydrogen (secondary N) is 1. The molecule has 10 heteroatoms. The van der Waals surface area contributed by atoms with Crippen molar-refractivity contribution in [2.45, 2.75) is 30.4 Å². The lowest BCUT2D eigenvalue weighted by atomic mass is 10.0. The van der Waals surface area contributed by atoms with Crippen LogP contribution in [0.4, 0.5) is 5.69 Å². The van der Waals surface area contributed by atoms with Gasteiger partial charge in [0.1, 0.15) is 5.75 Å². The standard InChI is InChI=1S/C21H25ClN2O5S2/c1-16-10-12-24(13-11-16)31(28,29)20-8-6-19(7-9-20)23-21(25)15-30(26,27)14-17-2-4-18(22)5-3-17/h2-9,16H,10-15H2,1H3,(H,23,25). The highest BCUT2D eigenvalue weighted by atomic mass is 35.5. The molecular weight excluding hydrogens is 460 g/mol. The van der Waals surface area contributed by atoms with E-state index in [-0.39, 0.29) is 10.6 Å². The molecule has 0 aliphatic carbocycles. The third kappa shape index (κ3) is 6.52. The molecule has 1 aliphatic heterocycles. The number of halogens is 1. The average Bonchev–Trinajstić information content (AvgIpc) is 2.70. The third-order valence-corrected chi connectivity index (χ3v) is 8.81. The zero-order valence-corrected chi connectivity index (χ0v) is 19.5. The predicted octanol–water partition coefficient (Wildman–Crippen LogP) is 3.31. The van der Waals surface area contributed by atoms with Gasteiger partial charge in [-0.3, -0.25) is 4.79 Å². The van der Waals surface area contributed by atoms with Gasteiger partial charge in [0.15, 0.2) is 9.84 Å². The molecular formula is C21H25ClN2O5S2. The lowest BCUT2D eigenvalue weighted by Crippen LogP contribution is -2.37. The van der Waals surface area contributed by atoms with E-state index in [2.05, 4.69) is 12.2 Å². The molecule has 168 valence electrons. The van der Waals surface area contributed by atoms with E-state index >= 15 is 0 Å². The molecule has 1 fully saturated rings. The molecule has 0 aromatic heterocycles. The van der Waals surface area contributed by atoms with E-state index in [4.69, 9.17) is 11.6 Å². The summed E-state index contributed by atoms with van der Waals surface area (Å²) in [5.74, 6) is -1.13. The predicted molar refractivity (Wildman–Crippen MR) is 121 cm³/mol. The van der Waals surface area contributed by atoms with E-state index in [1.807, 2.05) is 0 Å². The molecule has 2 aromatic rings. The van der Waals surface area contributed by atoms with Crippen LogP contribution in [-0.2, 0) is 30.4 Å². The molecule has 7 nitrogen and oxygen atoms in total. The molecule has 2 aromatic carbocycles. The van der Waals surface area contributed by atoms with Crippen LogP contribution in [0, 0.1) is 5.92 Å². The van der Waals surface area contributed by atoms with Crippen molar-refractivity contribution in [1.29, 1.82) is 0 Å². The summed E-state index contributed by atoms with van der Waals surface area (Å²) in [6.45, 7) is 3.10. The fraction of sp³-hybridized carbons (Fsp3) is 0.381. The minimum atomic E-state index is -3.67. The van der Waals surface area contributed by atoms with Gasteiger partial charge < -0.3 is 5.32 Å². The van der Waals surface area contributed by atoms with E-state index in [0.29, 0.717) is 35.3 Å². The summed E-state index contributed by atoms with van der Waals surface area (Å²) in [4.78, 5) is 12.3. The number of piperidine rings is 1. The van der Waals surface area contributed by atoms with Crippen molar-refractivity contribution >= 4 is 43.1 Å². The fourth-order valence-electron chi connectivity index (χ4n) is 3.37. The Hall–Kier alpha value is -1.94. The summed E-state index contributed by atoms with van der Waals surface area (Å²) in [5.41, 5.74) is 0.872. The quantitative estimate of drug-likeness (QED) is 0.649. The second-order valence-corrected chi connectivity index (χ2v) is 12.3. The summed E-state index contributed by atoms with van der Waals surface area (Å²) >= 11 is 5.79. The van der Waals surface area contributed by atoms with Crippen LogP contribution in [0.5, 0.6) is 0 Å². The Morgan fingerprint density at radius 2 is 1.58 bits per heavy atom. The first-order valence-corrected chi connectivity index (χ1v) is 13.5. The Morgan fingerprint density at radius 3 is 2.16 bits per heavy atom. The molecule has 0 unspecified atom stereocenters. The number of rotatable bonds is 7. The highest BCUT2D eigenvalue weighted by Crippen LogP contribution is 2.24. The van der Waals surface area contributed by atoms with Gasteiger partial charge in [-0.15, -0.1) is 0 Å². The normalized spacial score (nSPS) is 16.2. The minimum absolute atomic E-state index is 0.149. The SMILES string of the molecule is CC1CCN(S(=O)(=O)c2ccc(NC(=O)CS(=O)(=O)Cc3ccc(Cl)cc3)cc2)CC1. The van der Waals surface area contributed by atoms with Crippen LogP contribution >= 0.6 is 11.6 Å². The Balaban J connectivity index is 1.60. The monoisotopic (exact) mass is 484 g/mol. The zero-order valence-electron chi connectivity index (χ0n) is 17.1. The lowest BCUT2D eigenvalue weighted by Gasteiger charge is -2.29. The molecule has 1 heterocycles. The van der Waals surface area contributed by atoms with Crippen LogP contribution in [0.25, 0.3) is 0 Å². The Labute approximate surface area is 188 Å². The number of benzene rings is 2. The minimum Gasteiger partial charge on any atom is -0.325 e. The molecule has 0 atom stereocenters. The number of sulfonamides is 1. The highest BCUT2D eigenvalue weighted by molar-refractivity contribution is 7.91. The first-order chi connectivity index (χ1) is 14.5. The summed E-state index contributed by atoms with van der Waals surface area (Å²) < 4.78 is 51.6. The second kappa shape index (κ2) is 9.68. The van der Waals surface area contributed by atoms with Crippen molar-refractivity contribution in [3.8, 4) is 0 Å². The smallest absolute Gasteiger partial charge is 0.243 e. The number of carbonyl (C=O) groups excluding carboxylic acids is 1. The van der Waals surface area contributed by atoms with Crippen molar-refractivity contribution in [3.05, 3.63) is 59.1 Å². The van der Waals surface area contributed by atoms with Crippen LogP contribution in [-0.4, -0.2) is 45.9 Å². The maximum atomic E-state index is 12.8. The van der Waals surface area contributed by atoms with E-state index in [1.54, 1.807) is 24.3 Å². The van der Waals surface area contributed by atoms with Crippen LogP contribution in [0.3, 0.4) is 0 Å². The zero-order chi connectivity index (χ0) is 22.6. The average molecular weight is 485 g/mol. The molecule has 0 bridgehead atoms. The topological polar surface area (TPSA) is 101 Å². The van der Waals surface area contributed by atoms with Crippen molar-refractivity contribution in [1.82, 2.24) is 4.31 Å². The largest absolute Gasteiger partial charge is 0.325 e. The molecule has 0 radical (unpaired) electrons. The molecule has 31 heavy (non-hydrogen) atoms. The first kappa shape index (κ1) is 23.7. The van der Waals surface area contributed by atoms with Gasteiger partial charge in [0.05, 0.1) is 10.6 Å². The number of hydrogen-bond acceptors (Lipinski definition) is 5. The second-order valence-electron chi connectivity index (χ2n) is 7.82. The van der Waals surface area contributed by atoms with Crippen LogP contribution < -0.4 is 5.32 Å². The van der Waals surface area contributed by atoms with Crippen LogP contribution in [0.2, 0.25) is 5.02 Å². The lowest BCUT2D eigenvalue weighted by molar-refractivity contribution is -0.113. The maximum absolute atomic E-state index is 12.8. The first-order valence-electron chi connectivity index (χ1n) is 9.90. The van der Waals surface area contributed by atoms with Crippen LogP contribution in [0.15, 0.2) is 53.4 Å². The maximum Gasteiger partial charge on any atom is 0.243 e. The highest BCUT2D eigenvalue weighted by Gasteiger charge is 2.28. The van der Waals surface area contributed by atoms with E-state index in [0.717, 1.165) is 12.8 Å². The number of sulfone groups is 1. The Kier molecular flexibility index (Phi) is 7.41. The van der Waals surface area contributed by atoms with Gasteiger partial charge in [0, 0.05) is 23.8 Å². The number of anilines is 1. The molecule has 0 saturated carbocycles.